The molecular weight excluding hydrogens is 378 g/mol. The molecule has 0 aromatic carbocycles. The van der Waals surface area contributed by atoms with Crippen LogP contribution < -0.4 is 0 Å². The van der Waals surface area contributed by atoms with Gasteiger partial charge in [-0.25, -0.2) is 8.42 Å². The van der Waals surface area contributed by atoms with Crippen LogP contribution in [0.25, 0.3) is 0 Å². The molecule has 1 aliphatic rings. The maximum absolute atomic E-state index is 12.8. The molecule has 1 aliphatic heterocycles. The second kappa shape index (κ2) is 5.98. The van der Waals surface area contributed by atoms with E-state index in [1.807, 2.05) is 0 Å². The normalized spacial score (nSPS) is 24.1. The maximum atomic E-state index is 12.8. The highest BCUT2D eigenvalue weighted by Gasteiger charge is 2.44. The SMILES string of the molecule is CCC1(C(=O)O)CCCN(S(=O)(=O)c2cc(Br)sc2C)C1. The highest BCUT2D eigenvalue weighted by atomic mass is 79.9. The minimum absolute atomic E-state index is 0.0497. The lowest BCUT2D eigenvalue weighted by Crippen LogP contribution is -2.49. The van der Waals surface area contributed by atoms with Crippen LogP contribution in [0, 0.1) is 12.3 Å². The first-order valence-electron chi connectivity index (χ1n) is 6.72. The third-order valence-electron chi connectivity index (χ3n) is 4.13. The Morgan fingerprint density at radius 3 is 2.71 bits per heavy atom. The van der Waals surface area contributed by atoms with Crippen molar-refractivity contribution in [3.05, 3.63) is 14.7 Å². The van der Waals surface area contributed by atoms with Crippen LogP contribution in [0.2, 0.25) is 0 Å². The molecule has 8 heteroatoms. The molecule has 1 aromatic heterocycles. The van der Waals surface area contributed by atoms with Crippen molar-refractivity contribution < 1.29 is 18.3 Å². The Balaban J connectivity index is 2.37. The molecule has 1 atom stereocenters. The molecule has 2 heterocycles. The zero-order valence-electron chi connectivity index (χ0n) is 11.9. The lowest BCUT2D eigenvalue weighted by Gasteiger charge is -2.38. The first-order chi connectivity index (χ1) is 9.73. The largest absolute Gasteiger partial charge is 0.481 e. The number of carbonyl (C=O) groups is 1. The lowest BCUT2D eigenvalue weighted by atomic mass is 9.78. The number of sulfonamides is 1. The number of hydrogen-bond donors (Lipinski definition) is 1. The number of rotatable bonds is 4. The molecule has 0 bridgehead atoms. The van der Waals surface area contributed by atoms with Gasteiger partial charge >= 0.3 is 5.97 Å². The Morgan fingerprint density at radius 2 is 2.24 bits per heavy atom. The first-order valence-corrected chi connectivity index (χ1v) is 9.77. The molecule has 0 aliphatic carbocycles. The van der Waals surface area contributed by atoms with Crippen LogP contribution in [0.1, 0.15) is 31.1 Å². The highest BCUT2D eigenvalue weighted by molar-refractivity contribution is 9.11. The summed E-state index contributed by atoms with van der Waals surface area (Å²) in [6.07, 6.45) is 1.53. The van der Waals surface area contributed by atoms with Crippen LogP contribution in [0.15, 0.2) is 14.7 Å². The predicted octanol–water partition coefficient (Wildman–Crippen LogP) is 3.08. The van der Waals surface area contributed by atoms with E-state index in [9.17, 15) is 18.3 Å². The second-order valence-corrected chi connectivity index (χ2v) is 9.89. The van der Waals surface area contributed by atoms with E-state index in [0.717, 1.165) is 3.79 Å². The van der Waals surface area contributed by atoms with Gasteiger partial charge in [0.15, 0.2) is 0 Å². The molecule has 1 saturated heterocycles. The van der Waals surface area contributed by atoms with Crippen molar-refractivity contribution in [2.45, 2.75) is 38.0 Å². The van der Waals surface area contributed by atoms with Crippen LogP contribution in [0.5, 0.6) is 0 Å². The zero-order chi connectivity index (χ0) is 15.8. The van der Waals surface area contributed by atoms with Crippen LogP contribution in [0.4, 0.5) is 0 Å². The molecule has 5 nitrogen and oxygen atoms in total. The van der Waals surface area contributed by atoms with Gasteiger partial charge in [0.25, 0.3) is 0 Å². The number of piperidine rings is 1. The zero-order valence-corrected chi connectivity index (χ0v) is 15.1. The van der Waals surface area contributed by atoms with Gasteiger partial charge in [-0.3, -0.25) is 4.79 Å². The summed E-state index contributed by atoms with van der Waals surface area (Å²) in [6, 6.07) is 1.60. The Hall–Kier alpha value is -0.440. The Morgan fingerprint density at radius 1 is 1.57 bits per heavy atom. The molecule has 1 aromatic rings. The Bertz CT molecular complexity index is 655. The van der Waals surface area contributed by atoms with Crippen molar-refractivity contribution >= 4 is 43.3 Å². The third kappa shape index (κ3) is 3.04. The van der Waals surface area contributed by atoms with Crippen molar-refractivity contribution in [2.24, 2.45) is 5.41 Å². The van der Waals surface area contributed by atoms with E-state index in [2.05, 4.69) is 15.9 Å². The molecule has 21 heavy (non-hydrogen) atoms. The number of carboxylic acid groups (broad SMARTS) is 1. The Labute approximate surface area is 137 Å². The van der Waals surface area contributed by atoms with E-state index in [0.29, 0.717) is 30.7 Å². The molecule has 0 spiro atoms. The molecular formula is C13H18BrNO4S2. The monoisotopic (exact) mass is 395 g/mol. The number of halogens is 1. The highest BCUT2D eigenvalue weighted by Crippen LogP contribution is 2.38. The van der Waals surface area contributed by atoms with E-state index >= 15 is 0 Å². The molecule has 2 rings (SSSR count). The van der Waals surface area contributed by atoms with Crippen molar-refractivity contribution in [1.29, 1.82) is 0 Å². The average molecular weight is 396 g/mol. The summed E-state index contributed by atoms with van der Waals surface area (Å²) in [4.78, 5) is 12.5. The molecule has 0 amide bonds. The number of aliphatic carboxylic acids is 1. The summed E-state index contributed by atoms with van der Waals surface area (Å²) < 4.78 is 27.6. The number of aryl methyl sites for hydroxylation is 1. The molecule has 0 saturated carbocycles. The first kappa shape index (κ1) is 16.9. The van der Waals surface area contributed by atoms with Gasteiger partial charge in [0.05, 0.1) is 14.1 Å². The fourth-order valence-electron chi connectivity index (χ4n) is 2.73. The third-order valence-corrected chi connectivity index (χ3v) is 7.79. The fraction of sp³-hybridized carbons (Fsp3) is 0.615. The van der Waals surface area contributed by atoms with Crippen molar-refractivity contribution in [2.75, 3.05) is 13.1 Å². The van der Waals surface area contributed by atoms with E-state index < -0.39 is 21.4 Å². The summed E-state index contributed by atoms with van der Waals surface area (Å²) in [5, 5.41) is 9.47. The van der Waals surface area contributed by atoms with Gasteiger partial charge in [-0.15, -0.1) is 11.3 Å². The molecule has 0 radical (unpaired) electrons. The van der Waals surface area contributed by atoms with Crippen molar-refractivity contribution in [1.82, 2.24) is 4.31 Å². The van der Waals surface area contributed by atoms with Crippen LogP contribution >= 0.6 is 27.3 Å². The Kier molecular flexibility index (Phi) is 4.82. The second-order valence-electron chi connectivity index (χ2n) is 5.35. The summed E-state index contributed by atoms with van der Waals surface area (Å²) in [6.45, 7) is 3.99. The molecule has 1 fully saturated rings. The van der Waals surface area contributed by atoms with E-state index in [1.165, 1.54) is 15.6 Å². The van der Waals surface area contributed by atoms with Gasteiger partial charge in [-0.05, 0) is 48.2 Å². The smallest absolute Gasteiger partial charge is 0.310 e. The van der Waals surface area contributed by atoms with Crippen LogP contribution in [0.3, 0.4) is 0 Å². The lowest BCUT2D eigenvalue weighted by molar-refractivity contribution is -0.151. The van der Waals surface area contributed by atoms with Gasteiger partial charge in [-0.1, -0.05) is 6.92 Å². The van der Waals surface area contributed by atoms with Crippen molar-refractivity contribution in [3.63, 3.8) is 0 Å². The molecule has 1 N–H and O–H groups in total. The average Bonchev–Trinajstić information content (AvgIpc) is 2.78. The van der Waals surface area contributed by atoms with Crippen molar-refractivity contribution in [3.8, 4) is 0 Å². The van der Waals surface area contributed by atoms with Gasteiger partial charge in [0.2, 0.25) is 10.0 Å². The van der Waals surface area contributed by atoms with Crippen LogP contribution in [-0.4, -0.2) is 36.9 Å². The number of carboxylic acids is 1. The maximum Gasteiger partial charge on any atom is 0.310 e. The van der Waals surface area contributed by atoms with Gasteiger partial charge in [-0.2, -0.15) is 4.31 Å². The van der Waals surface area contributed by atoms with Crippen LogP contribution in [-0.2, 0) is 14.8 Å². The predicted molar refractivity (Wildman–Crippen MR) is 85.1 cm³/mol. The number of thiophene rings is 1. The van der Waals surface area contributed by atoms with Gasteiger partial charge < -0.3 is 5.11 Å². The minimum Gasteiger partial charge on any atom is -0.481 e. The van der Waals surface area contributed by atoms with Gasteiger partial charge in [0, 0.05) is 18.0 Å². The fourth-order valence-corrected chi connectivity index (χ4v) is 6.68. The molecule has 1 unspecified atom stereocenters. The minimum atomic E-state index is -3.64. The quantitative estimate of drug-likeness (QED) is 0.849. The summed E-state index contributed by atoms with van der Waals surface area (Å²) in [5.74, 6) is -0.909. The topological polar surface area (TPSA) is 74.7 Å². The van der Waals surface area contributed by atoms with E-state index in [1.54, 1.807) is 19.9 Å². The number of hydrogen-bond acceptors (Lipinski definition) is 4. The standard InChI is InChI=1S/C13H18BrNO4S2/c1-3-13(12(16)17)5-4-6-15(8-13)21(18,19)10-7-11(14)20-9(10)2/h7H,3-6,8H2,1-2H3,(H,16,17). The summed E-state index contributed by atoms with van der Waals surface area (Å²) in [5.41, 5.74) is -0.966. The molecule has 118 valence electrons. The van der Waals surface area contributed by atoms with E-state index in [4.69, 9.17) is 0 Å². The number of nitrogens with zero attached hydrogens (tertiary/aromatic N) is 1. The summed E-state index contributed by atoms with van der Waals surface area (Å²) >= 11 is 4.67. The van der Waals surface area contributed by atoms with Gasteiger partial charge in [0.1, 0.15) is 0 Å². The van der Waals surface area contributed by atoms with E-state index in [-0.39, 0.29) is 11.4 Å². The summed E-state index contributed by atoms with van der Waals surface area (Å²) in [7, 11) is -3.64.